The first-order chi connectivity index (χ1) is 8.08. The largest absolute Gasteiger partial charge is 0.396 e. The van der Waals surface area contributed by atoms with Gasteiger partial charge in [-0.25, -0.2) is 19.9 Å². The van der Waals surface area contributed by atoms with Gasteiger partial charge in [0.05, 0.1) is 17.6 Å². The van der Waals surface area contributed by atoms with Gasteiger partial charge in [0.1, 0.15) is 0 Å². The Bertz CT molecular complexity index is 519. The summed E-state index contributed by atoms with van der Waals surface area (Å²) in [6.07, 6.45) is 5.11. The molecule has 0 fully saturated rings. The summed E-state index contributed by atoms with van der Waals surface area (Å²) >= 11 is 0. The second-order valence-electron chi connectivity index (χ2n) is 4.27. The van der Waals surface area contributed by atoms with Crippen LogP contribution in [0.3, 0.4) is 0 Å². The second kappa shape index (κ2) is 4.45. The third kappa shape index (κ3) is 2.38. The summed E-state index contributed by atoms with van der Waals surface area (Å²) < 4.78 is 0. The molecule has 5 nitrogen and oxygen atoms in total. The van der Waals surface area contributed by atoms with Gasteiger partial charge >= 0.3 is 0 Å². The molecule has 88 valence electrons. The lowest BCUT2D eigenvalue weighted by atomic mass is 10.1. The van der Waals surface area contributed by atoms with E-state index in [1.165, 1.54) is 0 Å². The van der Waals surface area contributed by atoms with Crippen LogP contribution in [0.5, 0.6) is 0 Å². The Kier molecular flexibility index (Phi) is 2.99. The molecular formula is C12H15N5. The quantitative estimate of drug-likeness (QED) is 0.851. The maximum absolute atomic E-state index is 5.83. The van der Waals surface area contributed by atoms with Crippen LogP contribution in [0.2, 0.25) is 0 Å². The topological polar surface area (TPSA) is 77.6 Å². The van der Waals surface area contributed by atoms with E-state index >= 15 is 0 Å². The SMILES string of the molecule is Cc1cnc(-c2ncc(N)c(C(C)C)n2)nc1. The van der Waals surface area contributed by atoms with Gasteiger partial charge in [0.25, 0.3) is 0 Å². The van der Waals surface area contributed by atoms with Crippen LogP contribution in [-0.2, 0) is 0 Å². The molecule has 0 aromatic carbocycles. The van der Waals surface area contributed by atoms with Gasteiger partial charge in [-0.2, -0.15) is 0 Å². The Labute approximate surface area is 100 Å². The summed E-state index contributed by atoms with van der Waals surface area (Å²) in [5.74, 6) is 1.29. The van der Waals surface area contributed by atoms with Gasteiger partial charge in [-0.1, -0.05) is 13.8 Å². The van der Waals surface area contributed by atoms with Gasteiger partial charge in [-0.15, -0.1) is 0 Å². The molecule has 0 aliphatic rings. The highest BCUT2D eigenvalue weighted by molar-refractivity contribution is 5.50. The molecule has 2 aromatic heterocycles. The number of hydrogen-bond acceptors (Lipinski definition) is 5. The molecule has 5 heteroatoms. The highest BCUT2D eigenvalue weighted by Crippen LogP contribution is 2.20. The molecule has 2 N–H and O–H groups in total. The van der Waals surface area contributed by atoms with Crippen LogP contribution in [-0.4, -0.2) is 19.9 Å². The molecule has 2 aromatic rings. The van der Waals surface area contributed by atoms with E-state index in [0.717, 1.165) is 11.3 Å². The van der Waals surface area contributed by atoms with E-state index in [9.17, 15) is 0 Å². The highest BCUT2D eigenvalue weighted by Gasteiger charge is 2.11. The molecule has 0 bridgehead atoms. The van der Waals surface area contributed by atoms with Crippen molar-refractivity contribution in [2.75, 3.05) is 5.73 Å². The fourth-order valence-electron chi connectivity index (χ4n) is 1.48. The Hall–Kier alpha value is -2.04. The smallest absolute Gasteiger partial charge is 0.198 e. The Morgan fingerprint density at radius 3 is 2.18 bits per heavy atom. The number of rotatable bonds is 2. The van der Waals surface area contributed by atoms with Crippen molar-refractivity contribution in [3.8, 4) is 11.6 Å². The van der Waals surface area contributed by atoms with Crippen molar-refractivity contribution in [3.05, 3.63) is 29.8 Å². The van der Waals surface area contributed by atoms with Crippen molar-refractivity contribution in [1.29, 1.82) is 0 Å². The third-order valence-electron chi connectivity index (χ3n) is 2.38. The predicted octanol–water partition coefficient (Wildman–Crippen LogP) is 1.95. The van der Waals surface area contributed by atoms with Gasteiger partial charge in [0.15, 0.2) is 11.6 Å². The minimum absolute atomic E-state index is 0.252. The zero-order valence-electron chi connectivity index (χ0n) is 10.2. The van der Waals surface area contributed by atoms with E-state index in [1.807, 2.05) is 20.8 Å². The van der Waals surface area contributed by atoms with Crippen molar-refractivity contribution in [2.45, 2.75) is 26.7 Å². The minimum atomic E-state index is 0.252. The van der Waals surface area contributed by atoms with Gasteiger partial charge in [0, 0.05) is 12.4 Å². The molecule has 0 aliphatic heterocycles. The van der Waals surface area contributed by atoms with Gasteiger partial charge in [-0.05, 0) is 18.4 Å². The minimum Gasteiger partial charge on any atom is -0.396 e. The summed E-state index contributed by atoms with van der Waals surface area (Å²) in [6.45, 7) is 6.02. The molecule has 2 rings (SSSR count). The Morgan fingerprint density at radius 2 is 1.59 bits per heavy atom. The van der Waals surface area contributed by atoms with E-state index in [2.05, 4.69) is 19.9 Å². The van der Waals surface area contributed by atoms with Crippen LogP contribution in [0.4, 0.5) is 5.69 Å². The number of aromatic nitrogens is 4. The Morgan fingerprint density at radius 1 is 1.00 bits per heavy atom. The van der Waals surface area contributed by atoms with Crippen LogP contribution in [0, 0.1) is 6.92 Å². The molecule has 0 saturated heterocycles. The van der Waals surface area contributed by atoms with Crippen molar-refractivity contribution in [3.63, 3.8) is 0 Å². The van der Waals surface area contributed by atoms with Gasteiger partial charge < -0.3 is 5.73 Å². The fraction of sp³-hybridized carbons (Fsp3) is 0.333. The normalized spacial score (nSPS) is 10.8. The van der Waals surface area contributed by atoms with E-state index in [4.69, 9.17) is 5.73 Å². The van der Waals surface area contributed by atoms with E-state index in [0.29, 0.717) is 17.3 Å². The van der Waals surface area contributed by atoms with Crippen LogP contribution in [0.1, 0.15) is 31.0 Å². The lowest BCUT2D eigenvalue weighted by Crippen LogP contribution is -2.04. The molecule has 0 radical (unpaired) electrons. The standard InChI is InChI=1S/C12H15N5/c1-7(2)10-9(13)6-16-12(17-10)11-14-4-8(3)5-15-11/h4-7H,13H2,1-3H3. The van der Waals surface area contributed by atoms with Crippen molar-refractivity contribution in [1.82, 2.24) is 19.9 Å². The van der Waals surface area contributed by atoms with E-state index < -0.39 is 0 Å². The maximum atomic E-state index is 5.83. The first kappa shape index (κ1) is 11.4. The number of nitrogens with two attached hydrogens (primary N) is 1. The summed E-state index contributed by atoms with van der Waals surface area (Å²) in [5, 5.41) is 0. The number of hydrogen-bond donors (Lipinski definition) is 1. The van der Waals surface area contributed by atoms with Gasteiger partial charge in [-0.3, -0.25) is 0 Å². The van der Waals surface area contributed by atoms with Crippen LogP contribution < -0.4 is 5.73 Å². The lowest BCUT2D eigenvalue weighted by Gasteiger charge is -2.08. The number of anilines is 1. The average Bonchev–Trinajstić information content (AvgIpc) is 2.30. The third-order valence-corrected chi connectivity index (χ3v) is 2.38. The summed E-state index contributed by atoms with van der Waals surface area (Å²) in [4.78, 5) is 17.0. The molecule has 2 heterocycles. The first-order valence-corrected chi connectivity index (χ1v) is 5.49. The molecule has 0 amide bonds. The molecule has 0 spiro atoms. The van der Waals surface area contributed by atoms with Crippen molar-refractivity contribution >= 4 is 5.69 Å². The van der Waals surface area contributed by atoms with Crippen molar-refractivity contribution in [2.24, 2.45) is 0 Å². The van der Waals surface area contributed by atoms with Gasteiger partial charge in [0.2, 0.25) is 0 Å². The molecule has 0 atom stereocenters. The fourth-order valence-corrected chi connectivity index (χ4v) is 1.48. The number of aryl methyl sites for hydroxylation is 1. The van der Waals surface area contributed by atoms with Crippen molar-refractivity contribution < 1.29 is 0 Å². The summed E-state index contributed by atoms with van der Waals surface area (Å²) in [5.41, 5.74) is 8.27. The maximum Gasteiger partial charge on any atom is 0.198 e. The first-order valence-electron chi connectivity index (χ1n) is 5.49. The molecule has 0 saturated carbocycles. The predicted molar refractivity (Wildman–Crippen MR) is 66.3 cm³/mol. The number of nitrogen functional groups attached to an aromatic ring is 1. The monoisotopic (exact) mass is 229 g/mol. The zero-order valence-corrected chi connectivity index (χ0v) is 10.2. The summed E-state index contributed by atoms with van der Waals surface area (Å²) in [6, 6.07) is 0. The zero-order chi connectivity index (χ0) is 12.4. The molecular weight excluding hydrogens is 214 g/mol. The lowest BCUT2D eigenvalue weighted by molar-refractivity contribution is 0.818. The summed E-state index contributed by atoms with van der Waals surface area (Å²) in [7, 11) is 0. The Balaban J connectivity index is 2.46. The van der Waals surface area contributed by atoms with Crippen LogP contribution in [0.15, 0.2) is 18.6 Å². The van der Waals surface area contributed by atoms with Crippen LogP contribution >= 0.6 is 0 Å². The molecule has 0 aliphatic carbocycles. The van der Waals surface area contributed by atoms with E-state index in [1.54, 1.807) is 18.6 Å². The highest BCUT2D eigenvalue weighted by atomic mass is 15.0. The molecule has 17 heavy (non-hydrogen) atoms. The van der Waals surface area contributed by atoms with E-state index in [-0.39, 0.29) is 5.92 Å². The number of nitrogens with zero attached hydrogens (tertiary/aromatic N) is 4. The van der Waals surface area contributed by atoms with Crippen LogP contribution in [0.25, 0.3) is 11.6 Å². The second-order valence-corrected chi connectivity index (χ2v) is 4.27. The average molecular weight is 229 g/mol. The molecule has 0 unspecified atom stereocenters.